The molecular weight excluding hydrogens is 292 g/mol. The summed E-state index contributed by atoms with van der Waals surface area (Å²) in [6.45, 7) is 1.03. The maximum Gasteiger partial charge on any atom is 0.224 e. The summed E-state index contributed by atoms with van der Waals surface area (Å²) in [5, 5.41) is 5.72. The van der Waals surface area contributed by atoms with Crippen LogP contribution in [0, 0.1) is 5.92 Å². The molecule has 0 radical (unpaired) electrons. The van der Waals surface area contributed by atoms with Gasteiger partial charge in [0.25, 0.3) is 0 Å². The van der Waals surface area contributed by atoms with E-state index in [9.17, 15) is 9.59 Å². The van der Waals surface area contributed by atoms with Gasteiger partial charge >= 0.3 is 0 Å². The molecule has 1 fully saturated rings. The second-order valence-corrected chi connectivity index (χ2v) is 6.12. The van der Waals surface area contributed by atoms with Gasteiger partial charge in [0.1, 0.15) is 0 Å². The van der Waals surface area contributed by atoms with Crippen LogP contribution in [0.1, 0.15) is 37.7 Å². The molecule has 1 saturated carbocycles. The van der Waals surface area contributed by atoms with Crippen molar-refractivity contribution in [2.24, 2.45) is 5.92 Å². The molecule has 126 valence electrons. The summed E-state index contributed by atoms with van der Waals surface area (Å²) in [5.74, 6) is 0.604. The van der Waals surface area contributed by atoms with Crippen LogP contribution >= 0.6 is 0 Å². The minimum Gasteiger partial charge on any atom is -0.383 e. The number of carbonyl (C=O) groups is 2. The highest BCUT2D eigenvalue weighted by Gasteiger charge is 2.18. The quantitative estimate of drug-likeness (QED) is 0.724. The molecule has 0 heterocycles. The lowest BCUT2D eigenvalue weighted by Gasteiger charge is -2.10. The van der Waals surface area contributed by atoms with Gasteiger partial charge in [0.2, 0.25) is 11.8 Å². The van der Waals surface area contributed by atoms with Crippen LogP contribution in [0.5, 0.6) is 0 Å². The first-order valence-corrected chi connectivity index (χ1v) is 8.32. The van der Waals surface area contributed by atoms with E-state index < -0.39 is 0 Å². The molecule has 23 heavy (non-hydrogen) atoms. The number of amides is 2. The second-order valence-electron chi connectivity index (χ2n) is 6.12. The van der Waals surface area contributed by atoms with E-state index in [0.29, 0.717) is 31.9 Å². The molecule has 0 bridgehead atoms. The molecule has 5 nitrogen and oxygen atoms in total. The third kappa shape index (κ3) is 6.40. The third-order valence-electron chi connectivity index (χ3n) is 4.18. The molecule has 5 heteroatoms. The molecule has 0 aliphatic heterocycles. The Bertz CT molecular complexity index is 508. The van der Waals surface area contributed by atoms with Gasteiger partial charge in [-0.3, -0.25) is 9.59 Å². The number of methoxy groups -OCH3 is 1. The fraction of sp³-hybridized carbons (Fsp3) is 0.556. The van der Waals surface area contributed by atoms with Crippen molar-refractivity contribution in [2.45, 2.75) is 38.5 Å². The molecule has 1 aliphatic rings. The number of ether oxygens (including phenoxy) is 1. The number of hydrogen-bond donors (Lipinski definition) is 2. The summed E-state index contributed by atoms with van der Waals surface area (Å²) in [6, 6.07) is 7.46. The Morgan fingerprint density at radius 1 is 1.13 bits per heavy atom. The van der Waals surface area contributed by atoms with Crippen molar-refractivity contribution >= 4 is 17.5 Å². The van der Waals surface area contributed by atoms with Crippen LogP contribution in [0.15, 0.2) is 24.3 Å². The average Bonchev–Trinajstić information content (AvgIpc) is 3.02. The van der Waals surface area contributed by atoms with E-state index in [1.54, 1.807) is 7.11 Å². The van der Waals surface area contributed by atoms with Crippen molar-refractivity contribution < 1.29 is 14.3 Å². The average molecular weight is 318 g/mol. The fourth-order valence-corrected chi connectivity index (χ4v) is 2.94. The molecule has 2 rings (SSSR count). The Hall–Kier alpha value is -1.88. The zero-order valence-electron chi connectivity index (χ0n) is 13.8. The predicted molar refractivity (Wildman–Crippen MR) is 90.2 cm³/mol. The second kappa shape index (κ2) is 9.30. The molecule has 1 aliphatic carbocycles. The SMILES string of the molecule is COCCNC(=O)Cc1ccc(NC(=O)CC2CCCC2)cc1. The largest absolute Gasteiger partial charge is 0.383 e. The Kier molecular flexibility index (Phi) is 7.07. The number of hydrogen-bond acceptors (Lipinski definition) is 3. The Morgan fingerprint density at radius 3 is 2.48 bits per heavy atom. The highest BCUT2D eigenvalue weighted by molar-refractivity contribution is 5.91. The normalized spacial score (nSPS) is 14.7. The maximum absolute atomic E-state index is 12.0. The number of anilines is 1. The van der Waals surface area contributed by atoms with Gasteiger partial charge in [-0.1, -0.05) is 25.0 Å². The minimum absolute atomic E-state index is 0.0277. The first-order chi connectivity index (χ1) is 11.2. The summed E-state index contributed by atoms with van der Waals surface area (Å²) in [4.78, 5) is 23.7. The van der Waals surface area contributed by atoms with Crippen LogP contribution in [-0.4, -0.2) is 32.1 Å². The van der Waals surface area contributed by atoms with Gasteiger partial charge in [-0.2, -0.15) is 0 Å². The summed E-state index contributed by atoms with van der Waals surface area (Å²) in [7, 11) is 1.60. The van der Waals surface area contributed by atoms with Crippen molar-refractivity contribution in [3.63, 3.8) is 0 Å². The van der Waals surface area contributed by atoms with Crippen LogP contribution in [0.2, 0.25) is 0 Å². The van der Waals surface area contributed by atoms with Crippen LogP contribution < -0.4 is 10.6 Å². The van der Waals surface area contributed by atoms with Gasteiger partial charge in [-0.05, 0) is 36.5 Å². The zero-order chi connectivity index (χ0) is 16.5. The fourth-order valence-electron chi connectivity index (χ4n) is 2.94. The standard InChI is InChI=1S/C18H26N2O3/c1-23-11-10-19-17(21)12-15-6-8-16(9-7-15)20-18(22)13-14-4-2-3-5-14/h6-9,14H,2-5,10-13H2,1H3,(H,19,21)(H,20,22). The minimum atomic E-state index is -0.0277. The third-order valence-corrected chi connectivity index (χ3v) is 4.18. The van der Waals surface area contributed by atoms with Gasteiger partial charge in [0, 0.05) is 25.8 Å². The number of benzene rings is 1. The molecule has 1 aromatic carbocycles. The summed E-state index contributed by atoms with van der Waals surface area (Å²) in [6.07, 6.45) is 5.79. The lowest BCUT2D eigenvalue weighted by molar-refractivity contribution is -0.120. The lowest BCUT2D eigenvalue weighted by Crippen LogP contribution is -2.28. The van der Waals surface area contributed by atoms with E-state index >= 15 is 0 Å². The van der Waals surface area contributed by atoms with Gasteiger partial charge in [0.05, 0.1) is 13.0 Å². The van der Waals surface area contributed by atoms with Gasteiger partial charge in [0.15, 0.2) is 0 Å². The van der Waals surface area contributed by atoms with Gasteiger partial charge in [-0.25, -0.2) is 0 Å². The van der Waals surface area contributed by atoms with Crippen molar-refractivity contribution in [1.29, 1.82) is 0 Å². The van der Waals surface area contributed by atoms with Gasteiger partial charge < -0.3 is 15.4 Å². The Balaban J connectivity index is 1.75. The maximum atomic E-state index is 12.0. The molecule has 0 saturated heterocycles. The Morgan fingerprint density at radius 2 is 1.83 bits per heavy atom. The molecule has 0 atom stereocenters. The zero-order valence-corrected chi connectivity index (χ0v) is 13.8. The molecule has 0 aromatic heterocycles. The first-order valence-electron chi connectivity index (χ1n) is 8.32. The summed E-state index contributed by atoms with van der Waals surface area (Å²) >= 11 is 0. The van der Waals surface area contributed by atoms with Gasteiger partial charge in [-0.15, -0.1) is 0 Å². The molecular formula is C18H26N2O3. The molecule has 0 unspecified atom stereocenters. The number of rotatable bonds is 8. The van der Waals surface area contributed by atoms with E-state index in [2.05, 4.69) is 10.6 Å². The van der Waals surface area contributed by atoms with Crippen molar-refractivity contribution in [3.05, 3.63) is 29.8 Å². The summed E-state index contributed by atoms with van der Waals surface area (Å²) in [5.41, 5.74) is 1.71. The van der Waals surface area contributed by atoms with E-state index in [4.69, 9.17) is 4.74 Å². The van der Waals surface area contributed by atoms with Crippen molar-refractivity contribution in [1.82, 2.24) is 5.32 Å². The number of nitrogens with one attached hydrogen (secondary N) is 2. The molecule has 2 amide bonds. The highest BCUT2D eigenvalue weighted by atomic mass is 16.5. The van der Waals surface area contributed by atoms with Crippen LogP contribution in [0.4, 0.5) is 5.69 Å². The smallest absolute Gasteiger partial charge is 0.224 e. The van der Waals surface area contributed by atoms with Crippen molar-refractivity contribution in [3.8, 4) is 0 Å². The topological polar surface area (TPSA) is 67.4 Å². The van der Waals surface area contributed by atoms with Crippen LogP contribution in [0.25, 0.3) is 0 Å². The van der Waals surface area contributed by atoms with E-state index in [1.807, 2.05) is 24.3 Å². The monoisotopic (exact) mass is 318 g/mol. The number of carbonyl (C=O) groups excluding carboxylic acids is 2. The Labute approximate surface area is 137 Å². The molecule has 0 spiro atoms. The van der Waals surface area contributed by atoms with E-state index in [1.165, 1.54) is 25.7 Å². The molecule has 1 aromatic rings. The van der Waals surface area contributed by atoms with E-state index in [0.717, 1.165) is 11.3 Å². The van der Waals surface area contributed by atoms with Crippen LogP contribution in [0.3, 0.4) is 0 Å². The predicted octanol–water partition coefficient (Wildman–Crippen LogP) is 2.51. The highest BCUT2D eigenvalue weighted by Crippen LogP contribution is 2.27. The van der Waals surface area contributed by atoms with Crippen molar-refractivity contribution in [2.75, 3.05) is 25.6 Å². The first kappa shape index (κ1) is 17.5. The molecule has 2 N–H and O–H groups in total. The lowest BCUT2D eigenvalue weighted by atomic mass is 10.0. The summed E-state index contributed by atoms with van der Waals surface area (Å²) < 4.78 is 4.89. The van der Waals surface area contributed by atoms with E-state index in [-0.39, 0.29) is 11.8 Å². The van der Waals surface area contributed by atoms with Crippen LogP contribution in [-0.2, 0) is 20.7 Å².